The van der Waals surface area contributed by atoms with Crippen molar-refractivity contribution in [3.8, 4) is 5.75 Å². The molecule has 0 fully saturated rings. The summed E-state index contributed by atoms with van der Waals surface area (Å²) >= 11 is 7.02. The number of ether oxygens (including phenoxy) is 1. The highest BCUT2D eigenvalue weighted by Crippen LogP contribution is 2.37. The lowest BCUT2D eigenvalue weighted by atomic mass is 10.0. The number of amides is 1. The van der Waals surface area contributed by atoms with Gasteiger partial charge in [-0.15, -0.1) is 0 Å². The van der Waals surface area contributed by atoms with Crippen LogP contribution >= 0.6 is 31.9 Å². The number of hydrogen-bond donors (Lipinski definition) is 1. The van der Waals surface area contributed by atoms with Crippen molar-refractivity contribution in [2.75, 3.05) is 12.4 Å². The van der Waals surface area contributed by atoms with Crippen molar-refractivity contribution in [2.45, 2.75) is 6.92 Å². The summed E-state index contributed by atoms with van der Waals surface area (Å²) in [5, 5.41) is 4.91. The number of halogens is 2. The Morgan fingerprint density at radius 2 is 1.83 bits per heavy atom. The highest BCUT2D eigenvalue weighted by atomic mass is 79.9. The van der Waals surface area contributed by atoms with E-state index in [0.29, 0.717) is 11.3 Å². The van der Waals surface area contributed by atoms with E-state index in [9.17, 15) is 4.79 Å². The van der Waals surface area contributed by atoms with E-state index in [0.717, 1.165) is 31.0 Å². The van der Waals surface area contributed by atoms with Crippen LogP contribution in [0.25, 0.3) is 10.8 Å². The van der Waals surface area contributed by atoms with Crippen molar-refractivity contribution in [1.29, 1.82) is 0 Å². The average Bonchev–Trinajstić information content (AvgIpc) is 2.58. The van der Waals surface area contributed by atoms with Crippen LogP contribution in [0.2, 0.25) is 0 Å². The number of hydrogen-bond acceptors (Lipinski definition) is 2. The lowest BCUT2D eigenvalue weighted by molar-refractivity contribution is 0.102. The number of benzene rings is 3. The zero-order valence-electron chi connectivity index (χ0n) is 13.2. The van der Waals surface area contributed by atoms with E-state index in [4.69, 9.17) is 4.74 Å². The van der Waals surface area contributed by atoms with Crippen LogP contribution in [-0.4, -0.2) is 13.0 Å². The van der Waals surface area contributed by atoms with Gasteiger partial charge in [-0.05, 0) is 63.5 Å². The number of fused-ring (bicyclic) bond motifs is 1. The number of aryl methyl sites for hydroxylation is 1. The van der Waals surface area contributed by atoms with E-state index in [1.807, 2.05) is 55.5 Å². The van der Waals surface area contributed by atoms with Crippen LogP contribution in [0.3, 0.4) is 0 Å². The van der Waals surface area contributed by atoms with Gasteiger partial charge in [0.15, 0.2) is 0 Å². The molecule has 122 valence electrons. The van der Waals surface area contributed by atoms with Gasteiger partial charge in [0.1, 0.15) is 5.75 Å². The highest BCUT2D eigenvalue weighted by molar-refractivity contribution is 9.11. The molecule has 0 aliphatic carbocycles. The first-order valence-corrected chi connectivity index (χ1v) is 8.92. The molecule has 3 aromatic rings. The van der Waals surface area contributed by atoms with Crippen molar-refractivity contribution in [3.05, 3.63) is 68.6 Å². The largest absolute Gasteiger partial charge is 0.495 e. The Labute approximate surface area is 157 Å². The summed E-state index contributed by atoms with van der Waals surface area (Å²) in [6, 6.07) is 15.4. The maximum Gasteiger partial charge on any atom is 0.259 e. The second-order valence-corrected chi connectivity index (χ2v) is 7.06. The van der Waals surface area contributed by atoms with Crippen LogP contribution in [-0.2, 0) is 0 Å². The number of carbonyl (C=O) groups is 1. The quantitative estimate of drug-likeness (QED) is 0.538. The summed E-state index contributed by atoms with van der Waals surface area (Å²) < 4.78 is 7.25. The number of carbonyl (C=O) groups excluding carboxylic acids is 1. The lowest BCUT2D eigenvalue weighted by Crippen LogP contribution is -2.13. The predicted molar refractivity (Wildman–Crippen MR) is 105 cm³/mol. The minimum Gasteiger partial charge on any atom is -0.495 e. The summed E-state index contributed by atoms with van der Waals surface area (Å²) in [5.74, 6) is 0.319. The average molecular weight is 449 g/mol. The Morgan fingerprint density at radius 1 is 1.08 bits per heavy atom. The molecule has 1 N–H and O–H groups in total. The Kier molecular flexibility index (Phi) is 4.92. The van der Waals surface area contributed by atoms with Gasteiger partial charge in [-0.25, -0.2) is 0 Å². The molecular formula is C19H15Br2NO2. The van der Waals surface area contributed by atoms with Crippen molar-refractivity contribution >= 4 is 54.2 Å². The second-order valence-electron chi connectivity index (χ2n) is 5.41. The van der Waals surface area contributed by atoms with Gasteiger partial charge in [0.2, 0.25) is 0 Å². The predicted octanol–water partition coefficient (Wildman–Crippen LogP) is 5.93. The molecule has 0 radical (unpaired) electrons. The molecule has 3 rings (SSSR count). The van der Waals surface area contributed by atoms with Crippen LogP contribution in [0.5, 0.6) is 5.75 Å². The third-order valence-electron chi connectivity index (χ3n) is 3.81. The van der Waals surface area contributed by atoms with Crippen molar-refractivity contribution < 1.29 is 9.53 Å². The van der Waals surface area contributed by atoms with Crippen LogP contribution in [0.4, 0.5) is 5.69 Å². The summed E-state index contributed by atoms with van der Waals surface area (Å²) in [4.78, 5) is 12.8. The molecule has 0 aliphatic rings. The van der Waals surface area contributed by atoms with Crippen LogP contribution < -0.4 is 10.1 Å². The molecule has 0 heterocycles. The van der Waals surface area contributed by atoms with Gasteiger partial charge in [-0.1, -0.05) is 40.2 Å². The van der Waals surface area contributed by atoms with Crippen molar-refractivity contribution in [1.82, 2.24) is 0 Å². The number of anilines is 1. The van der Waals surface area contributed by atoms with E-state index in [-0.39, 0.29) is 5.91 Å². The molecule has 0 unspecified atom stereocenters. The molecule has 0 aliphatic heterocycles. The maximum atomic E-state index is 12.8. The van der Waals surface area contributed by atoms with Gasteiger partial charge in [-0.2, -0.15) is 0 Å². The maximum absolute atomic E-state index is 12.8. The van der Waals surface area contributed by atoms with Crippen LogP contribution in [0.15, 0.2) is 57.5 Å². The fourth-order valence-corrected chi connectivity index (χ4v) is 3.56. The Balaban J connectivity index is 2.04. The molecule has 3 nitrogen and oxygen atoms in total. The molecule has 0 aromatic heterocycles. The van der Waals surface area contributed by atoms with Gasteiger partial charge < -0.3 is 10.1 Å². The van der Waals surface area contributed by atoms with Gasteiger partial charge in [0.25, 0.3) is 5.91 Å². The van der Waals surface area contributed by atoms with E-state index in [1.165, 1.54) is 0 Å². The van der Waals surface area contributed by atoms with E-state index in [1.54, 1.807) is 7.11 Å². The fourth-order valence-electron chi connectivity index (χ4n) is 2.57. The Hall–Kier alpha value is -1.85. The molecule has 1 amide bonds. The molecule has 5 heteroatoms. The fraction of sp³-hybridized carbons (Fsp3) is 0.105. The topological polar surface area (TPSA) is 38.3 Å². The smallest absolute Gasteiger partial charge is 0.259 e. The zero-order chi connectivity index (χ0) is 17.3. The normalized spacial score (nSPS) is 10.7. The molecule has 3 aromatic carbocycles. The van der Waals surface area contributed by atoms with Gasteiger partial charge in [-0.3, -0.25) is 4.79 Å². The summed E-state index contributed by atoms with van der Waals surface area (Å²) in [6.45, 7) is 1.98. The van der Waals surface area contributed by atoms with Gasteiger partial charge in [0, 0.05) is 10.2 Å². The molecule has 0 bridgehead atoms. The van der Waals surface area contributed by atoms with Crippen LogP contribution in [0.1, 0.15) is 15.9 Å². The van der Waals surface area contributed by atoms with E-state index in [2.05, 4.69) is 37.2 Å². The molecule has 0 atom stereocenters. The lowest BCUT2D eigenvalue weighted by Gasteiger charge is -2.14. The third-order valence-corrected chi connectivity index (χ3v) is 5.48. The number of nitrogens with one attached hydrogen (secondary N) is 1. The summed E-state index contributed by atoms with van der Waals surface area (Å²) in [5.41, 5.74) is 2.29. The first-order valence-electron chi connectivity index (χ1n) is 7.34. The summed E-state index contributed by atoms with van der Waals surface area (Å²) in [6.07, 6.45) is 0. The monoisotopic (exact) mass is 447 g/mol. The van der Waals surface area contributed by atoms with Crippen LogP contribution in [0, 0.1) is 6.92 Å². The SMILES string of the molecule is COc1c(C(=O)Nc2ccc(Br)c(C)c2)cc2ccccc2c1Br. The molecule has 0 spiro atoms. The zero-order valence-corrected chi connectivity index (χ0v) is 16.4. The Morgan fingerprint density at radius 3 is 2.54 bits per heavy atom. The molecule has 24 heavy (non-hydrogen) atoms. The first-order chi connectivity index (χ1) is 11.5. The minimum atomic E-state index is -0.208. The number of rotatable bonds is 3. The first kappa shape index (κ1) is 17.0. The summed E-state index contributed by atoms with van der Waals surface area (Å²) in [7, 11) is 1.56. The second kappa shape index (κ2) is 6.95. The third kappa shape index (κ3) is 3.19. The van der Waals surface area contributed by atoms with Crippen molar-refractivity contribution in [2.24, 2.45) is 0 Å². The molecular weight excluding hydrogens is 434 g/mol. The highest BCUT2D eigenvalue weighted by Gasteiger charge is 2.18. The van der Waals surface area contributed by atoms with E-state index >= 15 is 0 Å². The van der Waals surface area contributed by atoms with Gasteiger partial charge >= 0.3 is 0 Å². The van der Waals surface area contributed by atoms with Crippen molar-refractivity contribution in [3.63, 3.8) is 0 Å². The van der Waals surface area contributed by atoms with Gasteiger partial charge in [0.05, 0.1) is 17.1 Å². The number of methoxy groups -OCH3 is 1. The minimum absolute atomic E-state index is 0.208. The molecule has 0 saturated heterocycles. The molecule has 0 saturated carbocycles. The Bertz CT molecular complexity index is 938. The standard InChI is InChI=1S/C19H15Br2NO2/c1-11-9-13(7-8-16(11)20)22-19(23)15-10-12-5-3-4-6-14(12)17(21)18(15)24-2/h3-10H,1-2H3,(H,22,23). The van der Waals surface area contributed by atoms with E-state index < -0.39 is 0 Å².